The molecule has 188 valence electrons. The van der Waals surface area contributed by atoms with Crippen LogP contribution in [0, 0.1) is 11.8 Å². The summed E-state index contributed by atoms with van der Waals surface area (Å²) in [6.45, 7) is 3.91. The Bertz CT molecular complexity index is 826. The molecule has 1 unspecified atom stereocenters. The predicted octanol–water partition coefficient (Wildman–Crippen LogP) is 2.21. The minimum absolute atomic E-state index is 0.0244. The van der Waals surface area contributed by atoms with Gasteiger partial charge in [-0.25, -0.2) is 0 Å². The molecule has 0 aromatic heterocycles. The van der Waals surface area contributed by atoms with E-state index in [1.807, 2.05) is 29.2 Å². The van der Waals surface area contributed by atoms with Crippen LogP contribution in [0.4, 0.5) is 0 Å². The Morgan fingerprint density at radius 3 is 2.68 bits per heavy atom. The number of rotatable bonds is 8. The monoisotopic (exact) mass is 474 g/mol. The molecule has 1 N–H and O–H groups in total. The molecule has 0 saturated carbocycles. The van der Waals surface area contributed by atoms with Crippen molar-refractivity contribution < 1.29 is 29.0 Å². The van der Waals surface area contributed by atoms with Gasteiger partial charge in [0.25, 0.3) is 0 Å². The number of aliphatic hydroxyl groups is 1. The van der Waals surface area contributed by atoms with Gasteiger partial charge < -0.3 is 24.4 Å². The Balaban J connectivity index is 1.72. The fourth-order valence-electron chi connectivity index (χ4n) is 5.85. The standard InChI is InChI=1S/C26H38N2O6/c1-2-3-7-14-27-15-11-13-26-21(23(30)28(16-8-9-17-29)22(26)24(27)31)20-19(34-26)12-6-4-5-10-18-33-25(20)32/h6,11-13,19-22,29H,2-5,7-10,14-18H2,1H3/b12-6-/t19-,20+,21+,22?,26+/m1/s1. The molecule has 4 aliphatic heterocycles. The van der Waals surface area contributed by atoms with Crippen LogP contribution >= 0.6 is 0 Å². The number of cyclic esters (lactones) is 1. The van der Waals surface area contributed by atoms with Crippen LogP contribution in [0.25, 0.3) is 0 Å². The zero-order chi connectivity index (χ0) is 24.1. The highest BCUT2D eigenvalue weighted by molar-refractivity contribution is 5.99. The van der Waals surface area contributed by atoms with E-state index in [0.29, 0.717) is 39.1 Å². The highest BCUT2D eigenvalue weighted by atomic mass is 16.6. The zero-order valence-electron chi connectivity index (χ0n) is 20.2. The molecular weight excluding hydrogens is 436 g/mol. The van der Waals surface area contributed by atoms with E-state index in [-0.39, 0.29) is 18.4 Å². The van der Waals surface area contributed by atoms with E-state index in [0.717, 1.165) is 38.5 Å². The predicted molar refractivity (Wildman–Crippen MR) is 126 cm³/mol. The van der Waals surface area contributed by atoms with Gasteiger partial charge in [0.1, 0.15) is 17.6 Å². The summed E-state index contributed by atoms with van der Waals surface area (Å²) >= 11 is 0. The summed E-state index contributed by atoms with van der Waals surface area (Å²) in [7, 11) is 0. The lowest BCUT2D eigenvalue weighted by molar-refractivity contribution is -0.155. The SMILES string of the molecule is CCCCCN1CC=C[C@]23O[C@@H]4/C=C\CCCCOC(=O)[C@@H]4[C@H]2C(=O)N(CCCCO)C3C1=O. The van der Waals surface area contributed by atoms with Crippen molar-refractivity contribution >= 4 is 17.8 Å². The minimum Gasteiger partial charge on any atom is -0.465 e. The maximum atomic E-state index is 13.9. The maximum Gasteiger partial charge on any atom is 0.312 e. The smallest absolute Gasteiger partial charge is 0.312 e. The summed E-state index contributed by atoms with van der Waals surface area (Å²) in [5.41, 5.74) is -1.19. The van der Waals surface area contributed by atoms with Gasteiger partial charge in [0.05, 0.1) is 18.6 Å². The van der Waals surface area contributed by atoms with Gasteiger partial charge in [0.2, 0.25) is 11.8 Å². The van der Waals surface area contributed by atoms with Crippen LogP contribution in [0.3, 0.4) is 0 Å². The third-order valence-corrected chi connectivity index (χ3v) is 7.52. The van der Waals surface area contributed by atoms with Crippen molar-refractivity contribution in [3.63, 3.8) is 0 Å². The quantitative estimate of drug-likeness (QED) is 0.329. The number of amides is 2. The molecule has 2 saturated heterocycles. The molecule has 2 amide bonds. The van der Waals surface area contributed by atoms with Gasteiger partial charge >= 0.3 is 5.97 Å². The number of allylic oxidation sites excluding steroid dienone is 1. The van der Waals surface area contributed by atoms with Gasteiger partial charge in [0, 0.05) is 26.2 Å². The Kier molecular flexibility index (Phi) is 8.09. The highest BCUT2D eigenvalue weighted by Gasteiger charge is 2.71. The second-order valence-corrected chi connectivity index (χ2v) is 9.79. The van der Waals surface area contributed by atoms with Gasteiger partial charge in [-0.15, -0.1) is 0 Å². The number of fused-ring (bicyclic) bond motifs is 2. The average molecular weight is 475 g/mol. The number of ether oxygens (including phenoxy) is 2. The molecule has 1 spiro atoms. The highest BCUT2D eigenvalue weighted by Crippen LogP contribution is 2.53. The number of aliphatic hydroxyl groups excluding tert-OH is 1. The number of hydrogen-bond donors (Lipinski definition) is 1. The molecule has 4 aliphatic rings. The molecule has 4 rings (SSSR count). The van der Waals surface area contributed by atoms with Gasteiger partial charge in [0.15, 0.2) is 0 Å². The first-order valence-electron chi connectivity index (χ1n) is 12.9. The van der Waals surface area contributed by atoms with E-state index >= 15 is 0 Å². The van der Waals surface area contributed by atoms with E-state index in [9.17, 15) is 19.5 Å². The molecule has 0 aromatic rings. The van der Waals surface area contributed by atoms with Crippen molar-refractivity contribution in [3.8, 4) is 0 Å². The van der Waals surface area contributed by atoms with Crippen molar-refractivity contribution in [3.05, 3.63) is 24.3 Å². The molecule has 5 atom stereocenters. The summed E-state index contributed by atoms with van der Waals surface area (Å²) in [5.74, 6) is -2.36. The minimum atomic E-state index is -1.19. The van der Waals surface area contributed by atoms with Crippen LogP contribution < -0.4 is 0 Å². The largest absolute Gasteiger partial charge is 0.465 e. The summed E-state index contributed by atoms with van der Waals surface area (Å²) in [5, 5.41) is 9.27. The molecule has 0 aliphatic carbocycles. The topological polar surface area (TPSA) is 96.4 Å². The third-order valence-electron chi connectivity index (χ3n) is 7.52. The molecule has 4 heterocycles. The molecule has 0 radical (unpaired) electrons. The Hall–Kier alpha value is -2.19. The average Bonchev–Trinajstić information content (AvgIpc) is 3.21. The van der Waals surface area contributed by atoms with Crippen molar-refractivity contribution in [1.82, 2.24) is 9.80 Å². The molecule has 0 bridgehead atoms. The number of hydrogen-bond acceptors (Lipinski definition) is 6. The molecule has 8 nitrogen and oxygen atoms in total. The summed E-state index contributed by atoms with van der Waals surface area (Å²) in [4.78, 5) is 44.4. The Morgan fingerprint density at radius 1 is 1.06 bits per heavy atom. The lowest BCUT2D eigenvalue weighted by Crippen LogP contribution is -2.55. The number of nitrogens with zero attached hydrogens (tertiary/aromatic N) is 2. The number of carbonyl (C=O) groups excluding carboxylic acids is 3. The van der Waals surface area contributed by atoms with Crippen LogP contribution in [0.1, 0.15) is 58.3 Å². The van der Waals surface area contributed by atoms with E-state index < -0.39 is 35.6 Å². The molecule has 34 heavy (non-hydrogen) atoms. The van der Waals surface area contributed by atoms with E-state index in [2.05, 4.69) is 6.92 Å². The van der Waals surface area contributed by atoms with Crippen molar-refractivity contribution in [1.29, 1.82) is 0 Å². The lowest BCUT2D eigenvalue weighted by Gasteiger charge is -2.35. The fourth-order valence-corrected chi connectivity index (χ4v) is 5.85. The first kappa shape index (κ1) is 24.9. The maximum absolute atomic E-state index is 13.9. The summed E-state index contributed by atoms with van der Waals surface area (Å²) in [6.07, 6.45) is 13.7. The summed E-state index contributed by atoms with van der Waals surface area (Å²) in [6, 6.07) is -0.817. The van der Waals surface area contributed by atoms with Gasteiger partial charge in [-0.3, -0.25) is 14.4 Å². The van der Waals surface area contributed by atoms with Crippen molar-refractivity contribution in [2.75, 3.05) is 32.8 Å². The van der Waals surface area contributed by atoms with E-state index in [1.165, 1.54) is 0 Å². The first-order chi connectivity index (χ1) is 16.5. The Morgan fingerprint density at radius 2 is 1.88 bits per heavy atom. The zero-order valence-corrected chi connectivity index (χ0v) is 20.2. The van der Waals surface area contributed by atoms with Gasteiger partial charge in [-0.1, -0.05) is 44.1 Å². The fraction of sp³-hybridized carbons (Fsp3) is 0.731. The summed E-state index contributed by atoms with van der Waals surface area (Å²) < 4.78 is 12.1. The van der Waals surface area contributed by atoms with Gasteiger partial charge in [-0.05, 0) is 38.5 Å². The number of unbranched alkanes of at least 4 members (excludes halogenated alkanes) is 3. The van der Waals surface area contributed by atoms with Crippen LogP contribution in [0.5, 0.6) is 0 Å². The van der Waals surface area contributed by atoms with E-state index in [4.69, 9.17) is 9.47 Å². The molecule has 2 fully saturated rings. The lowest BCUT2D eigenvalue weighted by atomic mass is 9.78. The molecular formula is C26H38N2O6. The van der Waals surface area contributed by atoms with E-state index in [1.54, 1.807) is 4.90 Å². The second-order valence-electron chi connectivity index (χ2n) is 9.79. The van der Waals surface area contributed by atoms with Crippen molar-refractivity contribution in [2.24, 2.45) is 11.8 Å². The first-order valence-corrected chi connectivity index (χ1v) is 12.9. The van der Waals surface area contributed by atoms with Crippen LogP contribution in [-0.2, 0) is 23.9 Å². The molecule has 0 aromatic carbocycles. The number of carbonyl (C=O) groups is 3. The number of likely N-dealkylation sites (tertiary alicyclic amines) is 1. The second kappa shape index (κ2) is 11.0. The molecule has 8 heteroatoms. The van der Waals surface area contributed by atoms with Crippen molar-refractivity contribution in [2.45, 2.75) is 76.0 Å². The Labute approximate surface area is 201 Å². The van der Waals surface area contributed by atoms with Crippen LogP contribution in [-0.4, -0.2) is 83.3 Å². The van der Waals surface area contributed by atoms with Gasteiger partial charge in [-0.2, -0.15) is 0 Å². The third kappa shape index (κ3) is 4.54. The van der Waals surface area contributed by atoms with Crippen LogP contribution in [0.2, 0.25) is 0 Å². The number of esters is 1. The van der Waals surface area contributed by atoms with Crippen LogP contribution in [0.15, 0.2) is 24.3 Å². The normalized spacial score (nSPS) is 34.4.